The Bertz CT molecular complexity index is 844. The van der Waals surface area contributed by atoms with Gasteiger partial charge in [-0.2, -0.15) is 4.39 Å². The van der Waals surface area contributed by atoms with Crippen LogP contribution in [0.1, 0.15) is 0 Å². The first kappa shape index (κ1) is 20.7. The fourth-order valence-electron chi connectivity index (χ4n) is 1.83. The number of ether oxygens (including phenoxy) is 1. The van der Waals surface area contributed by atoms with Crippen LogP contribution in [0.2, 0.25) is 0 Å². The summed E-state index contributed by atoms with van der Waals surface area (Å²) < 4.78 is 45.1. The molecule has 2 aromatic carbocycles. The zero-order valence-corrected chi connectivity index (χ0v) is 16.5. The number of halogens is 2. The van der Waals surface area contributed by atoms with E-state index in [1.807, 2.05) is 0 Å². The predicted octanol–water partition coefficient (Wildman–Crippen LogP) is 3.28. The number of hydrogen-bond acceptors (Lipinski definition) is 5. The van der Waals surface area contributed by atoms with Crippen LogP contribution in [0.15, 0.2) is 62.8 Å². The number of carboxylic acid groups (broad SMARTS) is 1. The van der Waals surface area contributed by atoms with E-state index in [4.69, 9.17) is 5.11 Å². The van der Waals surface area contributed by atoms with Crippen LogP contribution in [0.3, 0.4) is 0 Å². The molecule has 0 aliphatic heterocycles. The lowest BCUT2D eigenvalue weighted by molar-refractivity contribution is -0.153. The summed E-state index contributed by atoms with van der Waals surface area (Å²) in [5.41, 5.74) is 0. The van der Waals surface area contributed by atoms with E-state index < -0.39 is 22.4 Å². The van der Waals surface area contributed by atoms with Crippen molar-refractivity contribution in [2.24, 2.45) is 0 Å². The Morgan fingerprint density at radius 3 is 2.38 bits per heavy atom. The fraction of sp³-hybridized carbons (Fsp3) is 0.188. The lowest BCUT2D eigenvalue weighted by atomic mass is 10.3. The molecule has 0 aromatic heterocycles. The predicted molar refractivity (Wildman–Crippen MR) is 99.7 cm³/mol. The number of carboxylic acids is 1. The van der Waals surface area contributed by atoms with Gasteiger partial charge in [0.05, 0.1) is 4.90 Å². The van der Waals surface area contributed by atoms with Gasteiger partial charge in [0.1, 0.15) is 5.75 Å². The second kappa shape index (κ2) is 9.36. The maximum atomic E-state index is 12.9. The summed E-state index contributed by atoms with van der Waals surface area (Å²) in [6, 6.07) is 12.5. The first-order valence-corrected chi connectivity index (χ1v) is 10.6. The number of aliphatic carboxylic acids is 1. The van der Waals surface area contributed by atoms with Crippen molar-refractivity contribution in [1.29, 1.82) is 0 Å². The third-order valence-corrected chi connectivity index (χ3v) is 6.06. The van der Waals surface area contributed by atoms with Gasteiger partial charge in [0, 0.05) is 21.7 Å². The molecule has 0 amide bonds. The van der Waals surface area contributed by atoms with Crippen LogP contribution in [-0.4, -0.2) is 38.1 Å². The van der Waals surface area contributed by atoms with Gasteiger partial charge >= 0.3 is 12.3 Å². The minimum Gasteiger partial charge on any atom is -0.476 e. The Labute approximate surface area is 162 Å². The van der Waals surface area contributed by atoms with Crippen LogP contribution in [-0.2, 0) is 14.8 Å². The van der Waals surface area contributed by atoms with Gasteiger partial charge < -0.3 is 9.84 Å². The maximum absolute atomic E-state index is 12.9. The first-order valence-electron chi connectivity index (χ1n) is 7.29. The number of carbonyl (C=O) groups is 1. The van der Waals surface area contributed by atoms with E-state index in [9.17, 15) is 17.6 Å². The number of sulfonamides is 1. The molecule has 10 heteroatoms. The van der Waals surface area contributed by atoms with Gasteiger partial charge in [-0.15, -0.1) is 11.8 Å². The van der Waals surface area contributed by atoms with Crippen molar-refractivity contribution in [2.75, 3.05) is 12.3 Å². The molecule has 0 bridgehead atoms. The minimum atomic E-state index is -3.56. The minimum absolute atomic E-state index is 0.0974. The molecule has 2 rings (SSSR count). The summed E-state index contributed by atoms with van der Waals surface area (Å²) in [6.07, 6.45) is -2.42. The Morgan fingerprint density at radius 1 is 1.19 bits per heavy atom. The van der Waals surface area contributed by atoms with Crippen molar-refractivity contribution in [3.63, 3.8) is 0 Å². The molecule has 0 heterocycles. The average molecular weight is 464 g/mol. The highest BCUT2D eigenvalue weighted by molar-refractivity contribution is 9.10. The Hall–Kier alpha value is -1.62. The molecule has 0 saturated carbocycles. The zero-order valence-electron chi connectivity index (χ0n) is 13.3. The van der Waals surface area contributed by atoms with Crippen LogP contribution in [0, 0.1) is 0 Å². The summed E-state index contributed by atoms with van der Waals surface area (Å²) in [7, 11) is -3.56. The van der Waals surface area contributed by atoms with Crippen molar-refractivity contribution in [3.05, 3.63) is 53.0 Å². The third kappa shape index (κ3) is 6.27. The topological polar surface area (TPSA) is 92.7 Å². The van der Waals surface area contributed by atoms with Gasteiger partial charge in [-0.25, -0.2) is 17.9 Å². The number of rotatable bonds is 9. The summed E-state index contributed by atoms with van der Waals surface area (Å²) >= 11 is 4.64. The van der Waals surface area contributed by atoms with E-state index in [2.05, 4.69) is 25.4 Å². The Kier molecular flexibility index (Phi) is 7.44. The largest absolute Gasteiger partial charge is 0.476 e. The van der Waals surface area contributed by atoms with E-state index in [0.29, 0.717) is 5.75 Å². The fourth-order valence-corrected chi connectivity index (χ4v) is 4.02. The lowest BCUT2D eigenvalue weighted by Crippen LogP contribution is -2.25. The van der Waals surface area contributed by atoms with Crippen molar-refractivity contribution in [2.45, 2.75) is 16.1 Å². The summed E-state index contributed by atoms with van der Waals surface area (Å²) in [5, 5.41) is 8.44. The van der Waals surface area contributed by atoms with E-state index in [1.54, 1.807) is 24.3 Å². The van der Waals surface area contributed by atoms with Crippen molar-refractivity contribution >= 4 is 43.7 Å². The second-order valence-corrected chi connectivity index (χ2v) is 8.79. The number of benzene rings is 2. The van der Waals surface area contributed by atoms with Gasteiger partial charge in [0.15, 0.2) is 0 Å². The number of alkyl halides is 1. The molecule has 6 nitrogen and oxygen atoms in total. The summed E-state index contributed by atoms with van der Waals surface area (Å²) in [5.74, 6) is -1.11. The van der Waals surface area contributed by atoms with Crippen LogP contribution in [0.4, 0.5) is 4.39 Å². The van der Waals surface area contributed by atoms with Gasteiger partial charge in [0.25, 0.3) is 0 Å². The molecule has 0 fully saturated rings. The van der Waals surface area contributed by atoms with Crippen LogP contribution in [0.25, 0.3) is 0 Å². The van der Waals surface area contributed by atoms with Gasteiger partial charge in [0.2, 0.25) is 10.0 Å². The standard InChI is InChI=1S/C16H15BrFNO5S2/c17-11-1-7-14(8-2-11)26(22,23)19-9-10-25-13-5-3-12(4-6-13)24-15(18)16(20)21/h1-8,15,19H,9-10H2,(H,20,21). The van der Waals surface area contributed by atoms with Crippen molar-refractivity contribution in [1.82, 2.24) is 4.72 Å². The molecule has 0 saturated heterocycles. The molecule has 0 radical (unpaired) electrons. The van der Waals surface area contributed by atoms with E-state index >= 15 is 0 Å². The molecule has 0 aliphatic rings. The molecule has 2 N–H and O–H groups in total. The quantitative estimate of drug-likeness (QED) is 0.437. The van der Waals surface area contributed by atoms with Gasteiger partial charge in [-0.05, 0) is 48.5 Å². The SMILES string of the molecule is O=C(O)C(F)Oc1ccc(SCCNS(=O)(=O)c2ccc(Br)cc2)cc1. The lowest BCUT2D eigenvalue weighted by Gasteiger charge is -2.09. The summed E-state index contributed by atoms with van der Waals surface area (Å²) in [6.45, 7) is 0.229. The Morgan fingerprint density at radius 2 is 1.81 bits per heavy atom. The molecule has 0 spiro atoms. The molecule has 26 heavy (non-hydrogen) atoms. The molecule has 140 valence electrons. The smallest absolute Gasteiger partial charge is 0.378 e. The third-order valence-electron chi connectivity index (χ3n) is 3.04. The molecule has 2 aromatic rings. The molecule has 0 aliphatic carbocycles. The van der Waals surface area contributed by atoms with Crippen LogP contribution < -0.4 is 9.46 Å². The van der Waals surface area contributed by atoms with Crippen molar-refractivity contribution in [3.8, 4) is 5.75 Å². The molecule has 1 atom stereocenters. The van der Waals surface area contributed by atoms with Gasteiger partial charge in [-0.3, -0.25) is 0 Å². The summed E-state index contributed by atoms with van der Waals surface area (Å²) in [4.78, 5) is 11.4. The highest BCUT2D eigenvalue weighted by Crippen LogP contribution is 2.22. The highest BCUT2D eigenvalue weighted by atomic mass is 79.9. The van der Waals surface area contributed by atoms with Gasteiger partial charge in [-0.1, -0.05) is 15.9 Å². The first-order chi connectivity index (χ1) is 12.3. The molecular formula is C16H15BrFNO5S2. The average Bonchev–Trinajstić information content (AvgIpc) is 2.60. The van der Waals surface area contributed by atoms with Crippen molar-refractivity contribution < 1.29 is 27.4 Å². The zero-order chi connectivity index (χ0) is 19.2. The molecule has 1 unspecified atom stereocenters. The molecular weight excluding hydrogens is 449 g/mol. The Balaban J connectivity index is 1.80. The monoisotopic (exact) mass is 463 g/mol. The number of nitrogens with one attached hydrogen (secondary N) is 1. The second-order valence-electron chi connectivity index (χ2n) is 4.94. The van der Waals surface area contributed by atoms with E-state index in [-0.39, 0.29) is 17.2 Å². The number of thioether (sulfide) groups is 1. The number of hydrogen-bond donors (Lipinski definition) is 2. The maximum Gasteiger partial charge on any atom is 0.378 e. The van der Waals surface area contributed by atoms with E-state index in [0.717, 1.165) is 9.37 Å². The van der Waals surface area contributed by atoms with Crippen LogP contribution >= 0.6 is 27.7 Å². The van der Waals surface area contributed by atoms with Crippen LogP contribution in [0.5, 0.6) is 5.75 Å². The van der Waals surface area contributed by atoms with E-state index in [1.165, 1.54) is 36.0 Å². The highest BCUT2D eigenvalue weighted by Gasteiger charge is 2.17. The normalized spacial score (nSPS) is 12.5.